The monoisotopic (exact) mass is 274 g/mol. The summed E-state index contributed by atoms with van der Waals surface area (Å²) in [5.74, 6) is -1.50. The van der Waals surface area contributed by atoms with Gasteiger partial charge in [0.05, 0.1) is 11.1 Å². The lowest BCUT2D eigenvalue weighted by molar-refractivity contribution is 0.0691. The minimum absolute atomic E-state index is 0.00118. The number of amides is 1. The zero-order valence-corrected chi connectivity index (χ0v) is 10.7. The first-order valence-electron chi connectivity index (χ1n) is 6.11. The standard InChI is InChI=1S/C13H14N4O3/c18-12(10-4-1-2-5-11(10)13(19)20)15-6-3-7-17-9-14-8-16-17/h1-2,4-5,8-9H,3,6-7H2,(H,15,18)(H,19,20). The predicted octanol–water partition coefficient (Wildman–Crippen LogP) is 0.796. The molecular formula is C13H14N4O3. The van der Waals surface area contributed by atoms with Crippen LogP contribution in [0.1, 0.15) is 27.1 Å². The van der Waals surface area contributed by atoms with Gasteiger partial charge in [-0.1, -0.05) is 12.1 Å². The van der Waals surface area contributed by atoms with Crippen molar-refractivity contribution in [2.45, 2.75) is 13.0 Å². The van der Waals surface area contributed by atoms with Crippen molar-refractivity contribution in [1.29, 1.82) is 0 Å². The highest BCUT2D eigenvalue weighted by atomic mass is 16.4. The number of rotatable bonds is 6. The van der Waals surface area contributed by atoms with Gasteiger partial charge < -0.3 is 10.4 Å². The molecule has 1 amide bonds. The van der Waals surface area contributed by atoms with E-state index in [4.69, 9.17) is 5.11 Å². The molecule has 7 nitrogen and oxygen atoms in total. The molecular weight excluding hydrogens is 260 g/mol. The third-order valence-electron chi connectivity index (χ3n) is 2.72. The van der Waals surface area contributed by atoms with E-state index in [0.717, 1.165) is 0 Å². The molecule has 2 aromatic rings. The summed E-state index contributed by atoms with van der Waals surface area (Å²) >= 11 is 0. The fourth-order valence-electron chi connectivity index (χ4n) is 1.75. The Morgan fingerprint density at radius 2 is 2.00 bits per heavy atom. The maximum absolute atomic E-state index is 11.9. The number of benzene rings is 1. The first-order valence-corrected chi connectivity index (χ1v) is 6.11. The van der Waals surface area contributed by atoms with Crippen LogP contribution in [0.15, 0.2) is 36.9 Å². The van der Waals surface area contributed by atoms with Gasteiger partial charge in [-0.25, -0.2) is 9.78 Å². The van der Waals surface area contributed by atoms with Crippen LogP contribution < -0.4 is 5.32 Å². The van der Waals surface area contributed by atoms with E-state index in [-0.39, 0.29) is 17.0 Å². The molecule has 0 saturated heterocycles. The molecule has 0 atom stereocenters. The van der Waals surface area contributed by atoms with E-state index in [0.29, 0.717) is 19.5 Å². The lowest BCUT2D eigenvalue weighted by atomic mass is 10.1. The van der Waals surface area contributed by atoms with E-state index in [2.05, 4.69) is 15.4 Å². The van der Waals surface area contributed by atoms with Crippen LogP contribution in [0.25, 0.3) is 0 Å². The van der Waals surface area contributed by atoms with E-state index in [1.807, 2.05) is 0 Å². The maximum atomic E-state index is 11.9. The zero-order chi connectivity index (χ0) is 14.4. The number of carbonyl (C=O) groups is 2. The number of aromatic nitrogens is 3. The molecule has 1 aromatic heterocycles. The molecule has 2 N–H and O–H groups in total. The predicted molar refractivity (Wildman–Crippen MR) is 70.4 cm³/mol. The first-order chi connectivity index (χ1) is 9.68. The molecule has 1 aromatic carbocycles. The highest BCUT2D eigenvalue weighted by Gasteiger charge is 2.14. The largest absolute Gasteiger partial charge is 0.478 e. The molecule has 0 saturated carbocycles. The van der Waals surface area contributed by atoms with Gasteiger partial charge in [0.25, 0.3) is 5.91 Å². The van der Waals surface area contributed by atoms with Crippen molar-refractivity contribution < 1.29 is 14.7 Å². The zero-order valence-electron chi connectivity index (χ0n) is 10.7. The number of carboxylic acids is 1. The molecule has 0 bridgehead atoms. The van der Waals surface area contributed by atoms with Crippen LogP contribution in [0, 0.1) is 0 Å². The summed E-state index contributed by atoms with van der Waals surface area (Å²) in [5, 5.41) is 15.6. The quantitative estimate of drug-likeness (QED) is 0.759. The number of carbonyl (C=O) groups excluding carboxylic acids is 1. The van der Waals surface area contributed by atoms with Gasteiger partial charge in [-0.05, 0) is 18.6 Å². The van der Waals surface area contributed by atoms with Gasteiger partial charge in [-0.2, -0.15) is 5.10 Å². The number of nitrogens with zero attached hydrogens (tertiary/aromatic N) is 3. The van der Waals surface area contributed by atoms with E-state index in [9.17, 15) is 9.59 Å². The van der Waals surface area contributed by atoms with E-state index in [1.54, 1.807) is 23.1 Å². The lowest BCUT2D eigenvalue weighted by Crippen LogP contribution is -2.27. The summed E-state index contributed by atoms with van der Waals surface area (Å²) in [6, 6.07) is 6.13. The van der Waals surface area contributed by atoms with Crippen molar-refractivity contribution in [3.63, 3.8) is 0 Å². The van der Waals surface area contributed by atoms with Crippen molar-refractivity contribution in [2.24, 2.45) is 0 Å². The average molecular weight is 274 g/mol. The number of aromatic carboxylic acids is 1. The Balaban J connectivity index is 1.87. The van der Waals surface area contributed by atoms with Crippen molar-refractivity contribution in [3.05, 3.63) is 48.0 Å². The van der Waals surface area contributed by atoms with Crippen molar-refractivity contribution >= 4 is 11.9 Å². The Kier molecular flexibility index (Phi) is 4.43. The normalized spacial score (nSPS) is 10.2. The fraction of sp³-hybridized carbons (Fsp3) is 0.231. The van der Waals surface area contributed by atoms with Crippen molar-refractivity contribution in [1.82, 2.24) is 20.1 Å². The Hall–Kier alpha value is -2.70. The van der Waals surface area contributed by atoms with Gasteiger partial charge >= 0.3 is 5.97 Å². The Labute approximate surface area is 115 Å². The molecule has 20 heavy (non-hydrogen) atoms. The second kappa shape index (κ2) is 6.46. The first kappa shape index (κ1) is 13.7. The maximum Gasteiger partial charge on any atom is 0.336 e. The number of nitrogens with one attached hydrogen (secondary N) is 1. The summed E-state index contributed by atoms with van der Waals surface area (Å²) in [7, 11) is 0. The van der Waals surface area contributed by atoms with Gasteiger partial charge in [0.1, 0.15) is 12.7 Å². The Morgan fingerprint density at radius 3 is 2.65 bits per heavy atom. The highest BCUT2D eigenvalue weighted by Crippen LogP contribution is 2.08. The van der Waals surface area contributed by atoms with Crippen LogP contribution in [0.4, 0.5) is 0 Å². The Bertz CT molecular complexity index is 595. The van der Waals surface area contributed by atoms with Gasteiger partial charge in [0.2, 0.25) is 0 Å². The lowest BCUT2D eigenvalue weighted by Gasteiger charge is -2.07. The number of aryl methyl sites for hydroxylation is 1. The highest BCUT2D eigenvalue weighted by molar-refractivity contribution is 6.04. The molecule has 1 heterocycles. The van der Waals surface area contributed by atoms with E-state index in [1.165, 1.54) is 18.5 Å². The van der Waals surface area contributed by atoms with E-state index < -0.39 is 5.97 Å². The minimum atomic E-state index is -1.11. The third kappa shape index (κ3) is 3.41. The molecule has 0 aliphatic rings. The summed E-state index contributed by atoms with van der Waals surface area (Å²) in [6.07, 6.45) is 3.73. The minimum Gasteiger partial charge on any atom is -0.478 e. The Morgan fingerprint density at radius 1 is 1.25 bits per heavy atom. The van der Waals surface area contributed by atoms with Crippen molar-refractivity contribution in [2.75, 3.05) is 6.54 Å². The summed E-state index contributed by atoms with van der Waals surface area (Å²) in [5.41, 5.74) is 0.169. The molecule has 0 aliphatic carbocycles. The third-order valence-corrected chi connectivity index (χ3v) is 2.72. The summed E-state index contributed by atoms with van der Waals surface area (Å²) in [6.45, 7) is 1.08. The molecule has 7 heteroatoms. The number of carboxylic acid groups (broad SMARTS) is 1. The van der Waals surface area contributed by atoms with Crippen LogP contribution in [0.3, 0.4) is 0 Å². The number of hydrogen-bond donors (Lipinski definition) is 2. The molecule has 104 valence electrons. The van der Waals surface area contributed by atoms with Crippen LogP contribution in [-0.4, -0.2) is 38.3 Å². The van der Waals surface area contributed by atoms with Crippen LogP contribution in [0.2, 0.25) is 0 Å². The van der Waals surface area contributed by atoms with E-state index >= 15 is 0 Å². The fourth-order valence-corrected chi connectivity index (χ4v) is 1.75. The van der Waals surface area contributed by atoms with Gasteiger partial charge in [-0.3, -0.25) is 9.48 Å². The van der Waals surface area contributed by atoms with Crippen molar-refractivity contribution in [3.8, 4) is 0 Å². The average Bonchev–Trinajstić information content (AvgIpc) is 2.96. The topological polar surface area (TPSA) is 97.1 Å². The van der Waals surface area contributed by atoms with Gasteiger partial charge in [0, 0.05) is 13.1 Å². The second-order valence-corrected chi connectivity index (χ2v) is 4.12. The molecule has 0 radical (unpaired) electrons. The molecule has 0 unspecified atom stereocenters. The number of hydrogen-bond acceptors (Lipinski definition) is 4. The summed E-state index contributed by atoms with van der Waals surface area (Å²) in [4.78, 5) is 26.7. The second-order valence-electron chi connectivity index (χ2n) is 4.12. The molecule has 2 rings (SSSR count). The van der Waals surface area contributed by atoms with Crippen LogP contribution >= 0.6 is 0 Å². The molecule has 0 fully saturated rings. The molecule has 0 aliphatic heterocycles. The van der Waals surface area contributed by atoms with Gasteiger partial charge in [0.15, 0.2) is 0 Å². The van der Waals surface area contributed by atoms with Gasteiger partial charge in [-0.15, -0.1) is 0 Å². The summed E-state index contributed by atoms with van der Waals surface area (Å²) < 4.78 is 1.66. The smallest absolute Gasteiger partial charge is 0.336 e. The van der Waals surface area contributed by atoms with Crippen LogP contribution in [-0.2, 0) is 6.54 Å². The molecule has 0 spiro atoms. The van der Waals surface area contributed by atoms with Crippen LogP contribution in [0.5, 0.6) is 0 Å². The SMILES string of the molecule is O=C(O)c1ccccc1C(=O)NCCCn1cncn1.